The number of rotatable bonds is 4. The van der Waals surface area contributed by atoms with Crippen LogP contribution in [0.25, 0.3) is 0 Å². The van der Waals surface area contributed by atoms with Crippen LogP contribution in [0, 0.1) is 0 Å². The molecule has 2 aliphatic heterocycles. The molecular weight excluding hydrogens is 270 g/mol. The Bertz CT molecular complexity index is 463. The number of ether oxygens (including phenoxy) is 1. The third-order valence-corrected chi connectivity index (χ3v) is 4.76. The monoisotopic (exact) mass is 285 g/mol. The predicted octanol–water partition coefficient (Wildman–Crippen LogP) is 0.623. The Labute approximate surface area is 114 Å². The number of nitrogens with zero attached hydrogens (tertiary/aromatic N) is 1. The van der Waals surface area contributed by atoms with Crippen LogP contribution < -0.4 is 0 Å². The number of thioether (sulfide) groups is 1. The van der Waals surface area contributed by atoms with Crippen LogP contribution in [0.15, 0.2) is 12.2 Å². The molecule has 2 heterocycles. The van der Waals surface area contributed by atoms with Gasteiger partial charge in [0, 0.05) is 6.08 Å². The largest absolute Gasteiger partial charge is 0.480 e. The van der Waals surface area contributed by atoms with Crippen molar-refractivity contribution in [1.29, 1.82) is 0 Å². The summed E-state index contributed by atoms with van der Waals surface area (Å²) in [5, 5.41) is 9.19. The van der Waals surface area contributed by atoms with Crippen molar-refractivity contribution in [3.05, 3.63) is 12.2 Å². The van der Waals surface area contributed by atoms with Gasteiger partial charge in [0.2, 0.25) is 5.91 Å². The number of carbonyl (C=O) groups excluding carboxylic acids is 2. The average molecular weight is 285 g/mol. The van der Waals surface area contributed by atoms with E-state index in [1.807, 2.05) is 0 Å². The van der Waals surface area contributed by atoms with E-state index in [4.69, 9.17) is 4.74 Å². The lowest BCUT2D eigenvalue weighted by Crippen LogP contribution is -2.57. The average Bonchev–Trinajstić information content (AvgIpc) is 2.56. The normalized spacial score (nSPS) is 33.2. The molecule has 2 fully saturated rings. The Balaban J connectivity index is 2.19. The van der Waals surface area contributed by atoms with Gasteiger partial charge in [0.15, 0.2) is 0 Å². The molecule has 2 rings (SSSR count). The fourth-order valence-electron chi connectivity index (χ4n) is 2.36. The fraction of sp³-hybridized carbons (Fsp3) is 0.583. The minimum atomic E-state index is -1.06. The Morgan fingerprint density at radius 3 is 2.84 bits per heavy atom. The fourth-order valence-corrected chi connectivity index (χ4v) is 4.02. The van der Waals surface area contributed by atoms with Crippen molar-refractivity contribution in [2.24, 2.45) is 0 Å². The molecule has 19 heavy (non-hydrogen) atoms. The Hall–Kier alpha value is -1.50. The molecule has 6 nitrogen and oxygen atoms in total. The van der Waals surface area contributed by atoms with Gasteiger partial charge in [-0.05, 0) is 13.8 Å². The topological polar surface area (TPSA) is 83.9 Å². The van der Waals surface area contributed by atoms with Crippen molar-refractivity contribution >= 4 is 29.6 Å². The highest BCUT2D eigenvalue weighted by molar-refractivity contribution is 8.01. The van der Waals surface area contributed by atoms with Crippen molar-refractivity contribution in [3.63, 3.8) is 0 Å². The van der Waals surface area contributed by atoms with Crippen LogP contribution in [-0.2, 0) is 19.1 Å². The maximum absolute atomic E-state index is 11.5. The van der Waals surface area contributed by atoms with Gasteiger partial charge in [0.1, 0.15) is 6.04 Å². The first-order chi connectivity index (χ1) is 8.89. The highest BCUT2D eigenvalue weighted by atomic mass is 32.2. The Morgan fingerprint density at radius 2 is 2.32 bits per heavy atom. The zero-order valence-corrected chi connectivity index (χ0v) is 11.5. The van der Waals surface area contributed by atoms with Gasteiger partial charge in [-0.1, -0.05) is 6.08 Å². The van der Waals surface area contributed by atoms with Gasteiger partial charge < -0.3 is 14.7 Å². The number of carbonyl (C=O) groups is 3. The quantitative estimate of drug-likeness (QED) is 0.463. The molecule has 2 saturated heterocycles. The van der Waals surface area contributed by atoms with E-state index in [-0.39, 0.29) is 17.9 Å². The van der Waals surface area contributed by atoms with E-state index in [2.05, 4.69) is 0 Å². The van der Waals surface area contributed by atoms with E-state index in [0.29, 0.717) is 6.42 Å². The van der Waals surface area contributed by atoms with Gasteiger partial charge in [-0.25, -0.2) is 9.59 Å². The molecule has 0 aliphatic carbocycles. The molecule has 2 aliphatic rings. The summed E-state index contributed by atoms with van der Waals surface area (Å²) in [5.41, 5.74) is 0. The molecule has 0 bridgehead atoms. The summed E-state index contributed by atoms with van der Waals surface area (Å²) in [6, 6.07) is -0.936. The molecule has 1 amide bonds. The van der Waals surface area contributed by atoms with Crippen LogP contribution in [-0.4, -0.2) is 50.6 Å². The molecule has 1 N–H and O–H groups in total. The smallest absolute Gasteiger partial charge is 0.330 e. The number of hydrogen-bond donors (Lipinski definition) is 1. The number of β-lactam (4-membered cyclic amide) rings is 1. The van der Waals surface area contributed by atoms with E-state index in [1.165, 1.54) is 28.8 Å². The van der Waals surface area contributed by atoms with Crippen LogP contribution in [0.4, 0.5) is 0 Å². The minimum Gasteiger partial charge on any atom is -0.480 e. The molecule has 0 aromatic heterocycles. The lowest BCUT2D eigenvalue weighted by molar-refractivity contribution is -0.156. The van der Waals surface area contributed by atoms with Crippen molar-refractivity contribution in [2.45, 2.75) is 36.4 Å². The Kier molecular flexibility index (Phi) is 3.58. The third kappa shape index (κ3) is 2.34. The van der Waals surface area contributed by atoms with Gasteiger partial charge in [-0.2, -0.15) is 0 Å². The van der Waals surface area contributed by atoms with Gasteiger partial charge in [0.05, 0.1) is 23.1 Å². The Morgan fingerprint density at radius 1 is 1.63 bits per heavy atom. The van der Waals surface area contributed by atoms with Crippen molar-refractivity contribution < 1.29 is 24.2 Å². The van der Waals surface area contributed by atoms with E-state index < -0.39 is 22.7 Å². The van der Waals surface area contributed by atoms with Gasteiger partial charge in [-0.15, -0.1) is 11.8 Å². The number of esters is 1. The maximum Gasteiger partial charge on any atom is 0.330 e. The molecule has 104 valence electrons. The first-order valence-corrected chi connectivity index (χ1v) is 6.85. The minimum absolute atomic E-state index is 0.106. The standard InChI is InChI=1S/C12H15NO5S/c1-3-18-9(15)4-5-12(2)10(11(16)17)13-7(14)6-8(13)19-12/h4-5,8,10H,3,6H2,1-2H3,(H,16,17)/b5-4+/t8-,10+,12+/m1/s1. The van der Waals surface area contributed by atoms with Crippen molar-refractivity contribution in [2.75, 3.05) is 6.61 Å². The van der Waals surface area contributed by atoms with Gasteiger partial charge in [-0.3, -0.25) is 4.79 Å². The molecular formula is C12H15NO5S. The van der Waals surface area contributed by atoms with E-state index in [9.17, 15) is 19.5 Å². The van der Waals surface area contributed by atoms with Crippen LogP contribution in [0.2, 0.25) is 0 Å². The number of amides is 1. The first-order valence-electron chi connectivity index (χ1n) is 5.97. The SMILES string of the molecule is CCOC(=O)/C=C/[C@]1(C)S[C@@H]2CC(=O)N2[C@H]1C(=O)O. The number of carboxylic acids is 1. The summed E-state index contributed by atoms with van der Waals surface area (Å²) in [4.78, 5) is 35.5. The van der Waals surface area contributed by atoms with Crippen LogP contribution in [0.3, 0.4) is 0 Å². The molecule has 0 aromatic carbocycles. The number of aliphatic carboxylic acids is 1. The van der Waals surface area contributed by atoms with Gasteiger partial charge in [0.25, 0.3) is 0 Å². The van der Waals surface area contributed by atoms with E-state index in [1.54, 1.807) is 13.8 Å². The number of fused-ring (bicyclic) bond motifs is 1. The summed E-state index contributed by atoms with van der Waals surface area (Å²) < 4.78 is 3.96. The lowest BCUT2D eigenvalue weighted by atomic mass is 9.96. The first kappa shape index (κ1) is 13.9. The molecule has 7 heteroatoms. The number of carboxylic acid groups (broad SMARTS) is 1. The second-order valence-corrected chi connectivity index (χ2v) is 6.25. The van der Waals surface area contributed by atoms with Crippen molar-refractivity contribution in [3.8, 4) is 0 Å². The summed E-state index contributed by atoms with van der Waals surface area (Å²) in [5.74, 6) is -1.72. The molecule has 0 aromatic rings. The number of hydrogen-bond acceptors (Lipinski definition) is 5. The zero-order chi connectivity index (χ0) is 14.2. The summed E-state index contributed by atoms with van der Waals surface area (Å²) in [6.45, 7) is 3.68. The summed E-state index contributed by atoms with van der Waals surface area (Å²) in [7, 11) is 0. The van der Waals surface area contributed by atoms with E-state index in [0.717, 1.165) is 0 Å². The second kappa shape index (κ2) is 4.88. The molecule has 0 unspecified atom stereocenters. The summed E-state index contributed by atoms with van der Waals surface area (Å²) in [6.07, 6.45) is 3.13. The molecule has 0 spiro atoms. The zero-order valence-electron chi connectivity index (χ0n) is 10.7. The van der Waals surface area contributed by atoms with Crippen LogP contribution >= 0.6 is 11.8 Å². The maximum atomic E-state index is 11.5. The highest BCUT2D eigenvalue weighted by Gasteiger charge is 2.59. The molecule has 3 atom stereocenters. The predicted molar refractivity (Wildman–Crippen MR) is 68.4 cm³/mol. The van der Waals surface area contributed by atoms with E-state index >= 15 is 0 Å². The molecule has 0 saturated carbocycles. The lowest BCUT2D eigenvalue weighted by Gasteiger charge is -2.36. The van der Waals surface area contributed by atoms with Crippen molar-refractivity contribution in [1.82, 2.24) is 4.90 Å². The molecule has 0 radical (unpaired) electrons. The second-order valence-electron chi connectivity index (χ2n) is 4.59. The van der Waals surface area contributed by atoms with Gasteiger partial charge >= 0.3 is 11.9 Å². The third-order valence-electron chi connectivity index (χ3n) is 3.23. The van der Waals surface area contributed by atoms with Crippen LogP contribution in [0.5, 0.6) is 0 Å². The summed E-state index contributed by atoms with van der Waals surface area (Å²) >= 11 is 1.39. The highest BCUT2D eigenvalue weighted by Crippen LogP contribution is 2.51. The van der Waals surface area contributed by atoms with Crippen LogP contribution in [0.1, 0.15) is 20.3 Å².